The molecule has 72 valence electrons. The van der Waals surface area contributed by atoms with Crippen LogP contribution >= 0.6 is 0 Å². The van der Waals surface area contributed by atoms with Gasteiger partial charge in [-0.3, -0.25) is 0 Å². The van der Waals surface area contributed by atoms with Crippen molar-refractivity contribution in [2.45, 2.75) is 37.8 Å². The molecule has 0 aliphatic heterocycles. The summed E-state index contributed by atoms with van der Waals surface area (Å²) in [7, 11) is 8.79. The van der Waals surface area contributed by atoms with E-state index in [0.717, 1.165) is 12.1 Å². The summed E-state index contributed by atoms with van der Waals surface area (Å²) in [5.74, 6) is 0. The molecule has 0 aromatic carbocycles. The van der Waals surface area contributed by atoms with Crippen molar-refractivity contribution < 1.29 is 0 Å². The van der Waals surface area contributed by atoms with E-state index in [2.05, 4.69) is 38.0 Å². The molecular weight excluding hydrogens is 148 g/mol. The molecule has 1 unspecified atom stereocenters. The largest absolute Gasteiger partial charge is 0.306 e. The lowest BCUT2D eigenvalue weighted by Gasteiger charge is -2.36. The first kappa shape index (κ1) is 10.0. The van der Waals surface area contributed by atoms with Gasteiger partial charge in [-0.05, 0) is 47.5 Å². The fraction of sp³-hybridized carbons (Fsp3) is 1.00. The van der Waals surface area contributed by atoms with Gasteiger partial charge >= 0.3 is 0 Å². The van der Waals surface area contributed by atoms with E-state index in [9.17, 15) is 0 Å². The average molecular weight is 170 g/mol. The summed E-state index contributed by atoms with van der Waals surface area (Å²) in [6, 6.07) is 1.62. The first-order valence-corrected chi connectivity index (χ1v) is 4.94. The van der Waals surface area contributed by atoms with E-state index < -0.39 is 0 Å². The van der Waals surface area contributed by atoms with Gasteiger partial charge < -0.3 is 9.80 Å². The van der Waals surface area contributed by atoms with Crippen LogP contribution < -0.4 is 0 Å². The van der Waals surface area contributed by atoms with Gasteiger partial charge in [0.05, 0.1) is 0 Å². The van der Waals surface area contributed by atoms with Gasteiger partial charge in [0, 0.05) is 12.1 Å². The highest BCUT2D eigenvalue weighted by Crippen LogP contribution is 2.23. The van der Waals surface area contributed by atoms with Gasteiger partial charge in [0.25, 0.3) is 0 Å². The second kappa shape index (κ2) is 4.24. The molecule has 1 aliphatic rings. The van der Waals surface area contributed by atoms with E-state index in [-0.39, 0.29) is 0 Å². The van der Waals surface area contributed by atoms with E-state index >= 15 is 0 Å². The monoisotopic (exact) mass is 170 g/mol. The zero-order valence-corrected chi connectivity index (χ0v) is 8.88. The van der Waals surface area contributed by atoms with Crippen molar-refractivity contribution in [1.82, 2.24) is 9.80 Å². The maximum Gasteiger partial charge on any atom is 0.0104 e. The summed E-state index contributed by atoms with van der Waals surface area (Å²) in [5, 5.41) is 0. The number of hydrogen-bond acceptors (Lipinski definition) is 2. The maximum absolute atomic E-state index is 2.37. The quantitative estimate of drug-likeness (QED) is 0.618. The molecule has 1 fully saturated rings. The molecule has 0 aromatic rings. The molecule has 0 aromatic heterocycles. The van der Waals surface area contributed by atoms with Crippen LogP contribution in [0.3, 0.4) is 0 Å². The van der Waals surface area contributed by atoms with Gasteiger partial charge in [-0.15, -0.1) is 0 Å². The Morgan fingerprint density at radius 1 is 0.833 bits per heavy atom. The number of rotatable bonds is 2. The van der Waals surface area contributed by atoms with Gasteiger partial charge in [0.1, 0.15) is 0 Å². The van der Waals surface area contributed by atoms with Crippen molar-refractivity contribution in [2.75, 3.05) is 28.2 Å². The normalized spacial score (nSPS) is 31.5. The van der Waals surface area contributed by atoms with E-state index in [4.69, 9.17) is 0 Å². The van der Waals surface area contributed by atoms with Crippen LogP contribution in [0, 0.1) is 0 Å². The Morgan fingerprint density at radius 2 is 1.25 bits per heavy atom. The van der Waals surface area contributed by atoms with Crippen LogP contribution in [0.5, 0.6) is 0 Å². The summed E-state index contributed by atoms with van der Waals surface area (Å²) >= 11 is 0. The third-order valence-corrected chi connectivity index (χ3v) is 3.08. The Balaban J connectivity index is 2.40. The summed E-state index contributed by atoms with van der Waals surface area (Å²) in [4.78, 5) is 4.74. The average Bonchev–Trinajstić information content (AvgIpc) is 2.04. The van der Waals surface area contributed by atoms with Gasteiger partial charge in [0.15, 0.2) is 0 Å². The maximum atomic E-state index is 2.37. The highest BCUT2D eigenvalue weighted by molar-refractivity contribution is 4.81. The Morgan fingerprint density at radius 3 is 1.58 bits per heavy atom. The molecule has 1 saturated carbocycles. The first-order chi connectivity index (χ1) is 5.61. The predicted octanol–water partition coefficient (Wildman–Crippen LogP) is 1.42. The first-order valence-electron chi connectivity index (χ1n) is 4.94. The molecule has 12 heavy (non-hydrogen) atoms. The van der Waals surface area contributed by atoms with E-state index in [1.54, 1.807) is 0 Å². The smallest absolute Gasteiger partial charge is 0.0104 e. The lowest BCUT2D eigenvalue weighted by atomic mass is 9.90. The number of nitrogens with zero attached hydrogens (tertiary/aromatic N) is 2. The molecule has 0 saturated heterocycles. The molecule has 0 heterocycles. The zero-order chi connectivity index (χ0) is 9.14. The van der Waals surface area contributed by atoms with E-state index in [1.165, 1.54) is 25.7 Å². The molecule has 0 N–H and O–H groups in total. The van der Waals surface area contributed by atoms with Gasteiger partial charge in [-0.25, -0.2) is 0 Å². The Bertz CT molecular complexity index is 118. The van der Waals surface area contributed by atoms with Crippen molar-refractivity contribution in [2.24, 2.45) is 0 Å². The number of hydrogen-bond donors (Lipinski definition) is 0. The van der Waals surface area contributed by atoms with Crippen molar-refractivity contribution in [3.8, 4) is 0 Å². The van der Waals surface area contributed by atoms with Crippen LogP contribution in [0.15, 0.2) is 0 Å². The van der Waals surface area contributed by atoms with Crippen LogP contribution in [-0.4, -0.2) is 50.1 Å². The summed E-state index contributed by atoms with van der Waals surface area (Å²) in [6.45, 7) is 0. The summed E-state index contributed by atoms with van der Waals surface area (Å²) < 4.78 is 0. The van der Waals surface area contributed by atoms with Gasteiger partial charge in [-0.1, -0.05) is 6.42 Å². The van der Waals surface area contributed by atoms with Crippen molar-refractivity contribution >= 4 is 0 Å². The molecule has 2 atom stereocenters. The zero-order valence-electron chi connectivity index (χ0n) is 8.88. The third kappa shape index (κ3) is 2.46. The molecule has 0 spiro atoms. The summed E-state index contributed by atoms with van der Waals surface area (Å²) in [5.41, 5.74) is 0. The lowest BCUT2D eigenvalue weighted by Crippen LogP contribution is -2.40. The highest BCUT2D eigenvalue weighted by Gasteiger charge is 2.24. The van der Waals surface area contributed by atoms with Crippen LogP contribution in [0.2, 0.25) is 0 Å². The van der Waals surface area contributed by atoms with E-state index in [1.807, 2.05) is 0 Å². The SMILES string of the molecule is CN(C)C1CCC[C@H](N(C)C)C1. The Kier molecular flexibility index (Phi) is 3.53. The highest BCUT2D eigenvalue weighted by atomic mass is 15.1. The topological polar surface area (TPSA) is 6.48 Å². The molecule has 0 bridgehead atoms. The van der Waals surface area contributed by atoms with Crippen LogP contribution in [0.4, 0.5) is 0 Å². The van der Waals surface area contributed by atoms with E-state index in [0.29, 0.717) is 0 Å². The fourth-order valence-electron chi connectivity index (χ4n) is 2.08. The second-order valence-electron chi connectivity index (χ2n) is 4.40. The van der Waals surface area contributed by atoms with Crippen LogP contribution in [0.1, 0.15) is 25.7 Å². The molecule has 0 radical (unpaired) electrons. The van der Waals surface area contributed by atoms with Gasteiger partial charge in [0.2, 0.25) is 0 Å². The minimum atomic E-state index is 0.811. The molecule has 2 nitrogen and oxygen atoms in total. The molecule has 1 aliphatic carbocycles. The van der Waals surface area contributed by atoms with Crippen LogP contribution in [0.25, 0.3) is 0 Å². The van der Waals surface area contributed by atoms with Crippen molar-refractivity contribution in [3.63, 3.8) is 0 Å². The molecular formula is C10H22N2. The fourth-order valence-corrected chi connectivity index (χ4v) is 2.08. The third-order valence-electron chi connectivity index (χ3n) is 3.08. The standard InChI is InChI=1S/C10H22N2/c1-11(2)9-6-5-7-10(8-9)12(3)4/h9-10H,5-8H2,1-4H3/t9-,10?/m0/s1. The van der Waals surface area contributed by atoms with Gasteiger partial charge in [-0.2, -0.15) is 0 Å². The second-order valence-corrected chi connectivity index (χ2v) is 4.40. The minimum Gasteiger partial charge on any atom is -0.306 e. The predicted molar refractivity (Wildman–Crippen MR) is 53.4 cm³/mol. The van der Waals surface area contributed by atoms with Crippen LogP contribution in [-0.2, 0) is 0 Å². The lowest BCUT2D eigenvalue weighted by molar-refractivity contribution is 0.145. The van der Waals surface area contributed by atoms with Crippen molar-refractivity contribution in [1.29, 1.82) is 0 Å². The summed E-state index contributed by atoms with van der Waals surface area (Å²) in [6.07, 6.45) is 5.51. The molecule has 0 amide bonds. The minimum absolute atomic E-state index is 0.811. The Hall–Kier alpha value is -0.0800. The Labute approximate surface area is 76.5 Å². The van der Waals surface area contributed by atoms with Crippen molar-refractivity contribution in [3.05, 3.63) is 0 Å². The molecule has 1 rings (SSSR count). The molecule has 2 heteroatoms.